The van der Waals surface area contributed by atoms with Crippen molar-refractivity contribution in [2.24, 2.45) is 29.2 Å². The highest BCUT2D eigenvalue weighted by Gasteiger charge is 2.49. The Hall–Kier alpha value is -8.17. The van der Waals surface area contributed by atoms with Crippen LogP contribution in [0.3, 0.4) is 0 Å². The molecule has 112 heavy (non-hydrogen) atoms. The zero-order valence-corrected chi connectivity index (χ0v) is 66.0. The van der Waals surface area contributed by atoms with Crippen LogP contribution in [0, 0.1) is 17.8 Å². The summed E-state index contributed by atoms with van der Waals surface area (Å²) in [5, 5.41) is 117. The van der Waals surface area contributed by atoms with Crippen molar-refractivity contribution in [1.82, 2.24) is 63.0 Å². The van der Waals surface area contributed by atoms with E-state index in [-0.39, 0.29) is 62.5 Å². The van der Waals surface area contributed by atoms with Gasteiger partial charge in [-0.2, -0.15) is 11.8 Å². The quantitative estimate of drug-likeness (QED) is 0.0231. The molecule has 0 spiro atoms. The molecule has 20 atom stereocenters. The van der Waals surface area contributed by atoms with Gasteiger partial charge in [0.25, 0.3) is 0 Å². The molecule has 0 aliphatic carbocycles. The SMILES string of the molecule is CC[C@H](C)C[C@H](C)CCCCCCCCC(=O)N[C@H]1C[C@@H](O)[C@@H](OCCN)NC(=O)[C@@H]2[C@@H](O)CCN2C(=O)[C@H]([C@H](O)CCNC(=O)[C@@H](N)CNC(=O)[C@H](Cc2ccccc2)NC(=O)[C@H](CC(C)C)NC(=O)[C@H](CCSC)NC=O)NC(=O)[C@H]([C@H](O)[C@@H](O)c2ccc(O)cc2)NC(=O)[C@@H]2C[C@@H](O)CN2C(=O)[C@H]([C@@H](C)O)NC1=O. The Kier molecular flexibility index (Phi) is 40.6. The Morgan fingerprint density at radius 3 is 1.96 bits per heavy atom. The molecular weight excluding hydrogens is 1480 g/mol. The van der Waals surface area contributed by atoms with Crippen LogP contribution in [0.4, 0.5) is 0 Å². The number of nitrogens with one attached hydrogen (secondary N) is 10. The fourth-order valence-corrected chi connectivity index (χ4v) is 14.3. The minimum Gasteiger partial charge on any atom is -0.508 e. The molecule has 22 N–H and O–H groups in total. The number of hydrogen-bond donors (Lipinski definition) is 20. The van der Waals surface area contributed by atoms with E-state index in [0.717, 1.165) is 85.9 Å². The average Bonchev–Trinajstić information content (AvgIpc) is 1.23. The van der Waals surface area contributed by atoms with Gasteiger partial charge in [0.2, 0.25) is 71.4 Å². The van der Waals surface area contributed by atoms with E-state index in [2.05, 4.69) is 73.9 Å². The molecular formula is C76H122N14O21S. The maximum Gasteiger partial charge on any atom is 0.248 e. The number of fused-ring (bicyclic) bond motifs is 2. The summed E-state index contributed by atoms with van der Waals surface area (Å²) in [5.74, 6) is -10.2. The summed E-state index contributed by atoms with van der Waals surface area (Å²) >= 11 is 1.45. The lowest BCUT2D eigenvalue weighted by Gasteiger charge is -2.35. The number of unbranched alkanes of at least 4 members (excludes halogenated alkanes) is 5. The van der Waals surface area contributed by atoms with Gasteiger partial charge in [0.1, 0.15) is 84.5 Å². The molecule has 5 rings (SSSR count). The number of phenolic OH excluding ortho intramolecular Hbond substituents is 1. The minimum absolute atomic E-state index is 0.0722. The molecule has 35 nitrogen and oxygen atoms in total. The lowest BCUT2D eigenvalue weighted by molar-refractivity contribution is -0.150. The number of aromatic hydroxyl groups is 1. The van der Waals surface area contributed by atoms with E-state index >= 15 is 9.59 Å². The van der Waals surface area contributed by atoms with Gasteiger partial charge in [0, 0.05) is 58.4 Å². The van der Waals surface area contributed by atoms with Crippen LogP contribution >= 0.6 is 11.8 Å². The molecule has 3 aliphatic heterocycles. The second-order valence-corrected chi connectivity index (χ2v) is 31.0. The van der Waals surface area contributed by atoms with Crippen LogP contribution in [-0.2, 0) is 68.7 Å². The van der Waals surface area contributed by atoms with E-state index in [4.69, 9.17) is 16.2 Å². The smallest absolute Gasteiger partial charge is 0.248 e. The molecule has 0 saturated carbocycles. The maximum absolute atomic E-state index is 15.3. The lowest BCUT2D eigenvalue weighted by Crippen LogP contribution is -2.64. The van der Waals surface area contributed by atoms with Crippen molar-refractivity contribution in [3.63, 3.8) is 0 Å². The van der Waals surface area contributed by atoms with Crippen LogP contribution in [0.25, 0.3) is 0 Å². The minimum atomic E-state index is -2.44. The van der Waals surface area contributed by atoms with Crippen LogP contribution in [0.1, 0.15) is 162 Å². The van der Waals surface area contributed by atoms with E-state index in [1.165, 1.54) is 11.8 Å². The molecule has 0 aromatic heterocycles. The van der Waals surface area contributed by atoms with E-state index in [9.17, 15) is 88.8 Å². The number of carbonyl (C=O) groups excluding carboxylic acids is 12. The summed E-state index contributed by atoms with van der Waals surface area (Å²) in [7, 11) is 0. The first-order valence-electron chi connectivity index (χ1n) is 38.9. The molecule has 628 valence electrons. The van der Waals surface area contributed by atoms with Crippen molar-refractivity contribution in [2.45, 2.75) is 260 Å². The van der Waals surface area contributed by atoms with Gasteiger partial charge in [-0.1, -0.05) is 122 Å². The number of ether oxygens (including phenoxy) is 1. The monoisotopic (exact) mass is 1600 g/mol. The van der Waals surface area contributed by atoms with E-state index in [1.54, 1.807) is 30.3 Å². The number of benzene rings is 2. The molecule has 0 unspecified atom stereocenters. The summed E-state index contributed by atoms with van der Waals surface area (Å²) < 4.78 is 5.81. The van der Waals surface area contributed by atoms with Gasteiger partial charge >= 0.3 is 0 Å². The van der Waals surface area contributed by atoms with Crippen molar-refractivity contribution in [2.75, 3.05) is 51.3 Å². The summed E-state index contributed by atoms with van der Waals surface area (Å²) in [6.45, 7) is 8.57. The molecule has 12 amide bonds. The average molecular weight is 1600 g/mol. The van der Waals surface area contributed by atoms with Gasteiger partial charge < -0.3 is 120 Å². The first kappa shape index (κ1) is 94.4. The number of thioether (sulfide) groups is 1. The number of aliphatic hydroxyl groups is 7. The van der Waals surface area contributed by atoms with Gasteiger partial charge in [0.15, 0.2) is 6.23 Å². The number of hydrogen-bond acceptors (Lipinski definition) is 24. The van der Waals surface area contributed by atoms with E-state index in [1.807, 2.05) is 20.1 Å². The third-order valence-corrected chi connectivity index (χ3v) is 21.0. The predicted octanol–water partition coefficient (Wildman–Crippen LogP) is -3.16. The van der Waals surface area contributed by atoms with Crippen molar-refractivity contribution in [3.8, 4) is 5.75 Å². The second-order valence-electron chi connectivity index (χ2n) is 30.0. The molecule has 2 aromatic carbocycles. The van der Waals surface area contributed by atoms with Gasteiger partial charge in [0.05, 0.1) is 31.0 Å². The molecule has 3 heterocycles. The highest BCUT2D eigenvalue weighted by atomic mass is 32.2. The predicted molar refractivity (Wildman–Crippen MR) is 413 cm³/mol. The van der Waals surface area contributed by atoms with Gasteiger partial charge in [-0.3, -0.25) is 57.5 Å². The zero-order chi connectivity index (χ0) is 82.9. The number of phenols is 1. The first-order chi connectivity index (χ1) is 53.2. The molecule has 0 radical (unpaired) electrons. The highest BCUT2D eigenvalue weighted by Crippen LogP contribution is 2.28. The van der Waals surface area contributed by atoms with Gasteiger partial charge in [-0.25, -0.2) is 0 Å². The van der Waals surface area contributed by atoms with Crippen molar-refractivity contribution < 1.29 is 103 Å². The Balaban J connectivity index is 1.47. The molecule has 2 aromatic rings. The number of nitrogens with zero attached hydrogens (tertiary/aromatic N) is 2. The highest BCUT2D eigenvalue weighted by molar-refractivity contribution is 7.98. The van der Waals surface area contributed by atoms with Crippen molar-refractivity contribution in [3.05, 3.63) is 65.7 Å². The molecule has 3 aliphatic rings. The van der Waals surface area contributed by atoms with Crippen LogP contribution in [0.15, 0.2) is 54.6 Å². The van der Waals surface area contributed by atoms with Crippen LogP contribution < -0.4 is 64.6 Å². The van der Waals surface area contributed by atoms with Crippen LogP contribution in [-0.4, -0.2) is 277 Å². The number of carbonyl (C=O) groups is 12. The number of aliphatic hydroxyl groups excluding tert-OH is 7. The standard InChI is InChI=1S/C76H122N14O21S/c1-8-43(4)35-44(5)18-14-11-9-10-12-17-21-59(98)82-54-38-58(97)74(111-32-29-77)88-73(108)63-57(96)27-31-89(63)76(110)61(86-72(107)62(65(100)64(99)47-22-24-48(93)25-23-47)87-71(106)55-37-49(94)40-90(55)75(109)60(45(6)92)85-70(54)105)56(95)26-30-79-66(101)50(78)39-80-67(102)53(36-46-19-15-13-16-20-46)84-69(104)52(34-42(2)3)83-68(103)51(81-41-91)28-33-112-7/h13,15-16,19-20,22-25,41-45,49-58,60-65,74,92-97,99-100H,8-12,14,17-18,21,26-40,77-78H2,1-7H3,(H,79,101)(H,80,102)(H,81,91)(H,82,98)(H,83,103)(H,84,104)(H,85,105)(H,86,107)(H,87,106)(H,88,108)/t43-,44+,45+,49+,50-,51-,52-,53-,54-,55-,56+,57-,58+,60-,61-,62-,63-,64-,65-,74+/m0/s1. The zero-order valence-electron chi connectivity index (χ0n) is 65.2. The lowest BCUT2D eigenvalue weighted by atomic mass is 9.91. The summed E-state index contributed by atoms with van der Waals surface area (Å²) in [4.78, 5) is 172. The van der Waals surface area contributed by atoms with E-state index < -0.39 is 220 Å². The Bertz CT molecular complexity index is 3350. The third kappa shape index (κ3) is 30.0. The normalized spacial score (nSPS) is 24.3. The van der Waals surface area contributed by atoms with Crippen LogP contribution in [0.2, 0.25) is 0 Å². The fraction of sp³-hybridized carbons (Fsp3) is 0.684. The second kappa shape index (κ2) is 48.1. The van der Waals surface area contributed by atoms with E-state index in [0.29, 0.717) is 42.4 Å². The summed E-state index contributed by atoms with van der Waals surface area (Å²) in [6.07, 6.45) is -7.31. The topological polar surface area (TPSA) is 555 Å². The van der Waals surface area contributed by atoms with Gasteiger partial charge in [-0.05, 0) is 98.5 Å². The van der Waals surface area contributed by atoms with Crippen LogP contribution in [0.5, 0.6) is 5.75 Å². The molecule has 0 bridgehead atoms. The molecule has 36 heteroatoms. The number of nitrogens with two attached hydrogens (primary N) is 2. The maximum atomic E-state index is 15.3. The first-order valence-corrected chi connectivity index (χ1v) is 40.3. The third-order valence-electron chi connectivity index (χ3n) is 20.3. The van der Waals surface area contributed by atoms with Gasteiger partial charge in [-0.15, -0.1) is 0 Å². The largest absolute Gasteiger partial charge is 0.508 e. The Labute approximate surface area is 658 Å². The number of amides is 12. The van der Waals surface area contributed by atoms with Crippen molar-refractivity contribution in [1.29, 1.82) is 0 Å². The van der Waals surface area contributed by atoms with Crippen molar-refractivity contribution >= 4 is 83.2 Å². The molecule has 3 fully saturated rings. The number of rotatable bonds is 41. The Morgan fingerprint density at radius 2 is 1.31 bits per heavy atom. The molecule has 3 saturated heterocycles. The summed E-state index contributed by atoms with van der Waals surface area (Å²) in [5.41, 5.74) is 12.6. The fourth-order valence-electron chi connectivity index (χ4n) is 13.8. The summed E-state index contributed by atoms with van der Waals surface area (Å²) in [6, 6.07) is -4.10. The Morgan fingerprint density at radius 1 is 0.679 bits per heavy atom.